The van der Waals surface area contributed by atoms with Gasteiger partial charge in [0.1, 0.15) is 17.5 Å². The molecule has 13 heteroatoms. The number of nitrogens with zero attached hydrogens (tertiary/aromatic N) is 6. The van der Waals surface area contributed by atoms with Gasteiger partial charge in [0.2, 0.25) is 11.7 Å². The van der Waals surface area contributed by atoms with E-state index in [1.165, 1.54) is 48.6 Å². The van der Waals surface area contributed by atoms with Crippen LogP contribution in [-0.2, 0) is 0 Å². The monoisotopic (exact) mass is 514 g/mol. The third-order valence-corrected chi connectivity index (χ3v) is 5.97. The normalized spacial score (nSPS) is 15.7. The maximum Gasteiger partial charge on any atom is 0.573 e. The van der Waals surface area contributed by atoms with Gasteiger partial charge in [-0.1, -0.05) is 17.3 Å². The minimum absolute atomic E-state index is 0.0148. The zero-order chi connectivity index (χ0) is 26.2. The second kappa shape index (κ2) is 9.56. The lowest BCUT2D eigenvalue weighted by Crippen LogP contribution is -2.31. The Morgan fingerprint density at radius 2 is 1.89 bits per heavy atom. The van der Waals surface area contributed by atoms with Crippen LogP contribution in [0.2, 0.25) is 0 Å². The van der Waals surface area contributed by atoms with Crippen molar-refractivity contribution >= 4 is 5.91 Å². The molecule has 4 aromatic rings. The van der Waals surface area contributed by atoms with Crippen molar-refractivity contribution in [2.45, 2.75) is 32.2 Å². The number of ether oxygens (including phenoxy) is 2. The highest BCUT2D eigenvalue weighted by Crippen LogP contribution is 2.37. The van der Waals surface area contributed by atoms with Crippen LogP contribution in [0, 0.1) is 6.92 Å². The number of hydrogen-bond acceptors (Lipinski definition) is 8. The number of halogens is 3. The Morgan fingerprint density at radius 1 is 1.14 bits per heavy atom. The zero-order valence-electron chi connectivity index (χ0n) is 19.8. The number of para-hydroxylation sites is 1. The second-order valence-corrected chi connectivity index (χ2v) is 8.31. The van der Waals surface area contributed by atoms with E-state index in [1.807, 2.05) is 6.92 Å². The Bertz CT molecular complexity index is 1420. The number of carbonyl (C=O) groups excluding carboxylic acids is 1. The van der Waals surface area contributed by atoms with Crippen molar-refractivity contribution in [2.75, 3.05) is 13.7 Å². The maximum absolute atomic E-state index is 13.8. The van der Waals surface area contributed by atoms with Gasteiger partial charge in [-0.2, -0.15) is 20.0 Å². The molecule has 1 unspecified atom stereocenters. The van der Waals surface area contributed by atoms with Crippen molar-refractivity contribution < 1.29 is 32.0 Å². The van der Waals surface area contributed by atoms with Gasteiger partial charge in [0.05, 0.1) is 36.3 Å². The topological polar surface area (TPSA) is 108 Å². The largest absolute Gasteiger partial charge is 0.573 e. The van der Waals surface area contributed by atoms with Crippen molar-refractivity contribution in [3.63, 3.8) is 0 Å². The number of methoxy groups -OCH3 is 1. The summed E-state index contributed by atoms with van der Waals surface area (Å²) in [5, 5.41) is 12.2. The van der Waals surface area contributed by atoms with E-state index in [2.05, 4.69) is 25.1 Å². The quantitative estimate of drug-likeness (QED) is 0.370. The van der Waals surface area contributed by atoms with Crippen molar-refractivity contribution in [3.8, 4) is 28.6 Å². The number of carbonyl (C=O) groups is 1. The van der Waals surface area contributed by atoms with Gasteiger partial charge >= 0.3 is 6.36 Å². The van der Waals surface area contributed by atoms with Crippen LogP contribution in [0.25, 0.3) is 17.1 Å². The molecule has 3 heterocycles. The van der Waals surface area contributed by atoms with Gasteiger partial charge in [0.15, 0.2) is 0 Å². The third kappa shape index (κ3) is 4.84. The van der Waals surface area contributed by atoms with Gasteiger partial charge < -0.3 is 18.9 Å². The van der Waals surface area contributed by atoms with Crippen LogP contribution in [0.3, 0.4) is 0 Å². The molecule has 0 aliphatic carbocycles. The average Bonchev–Trinajstić information content (AvgIpc) is 3.64. The molecule has 0 saturated carbocycles. The van der Waals surface area contributed by atoms with E-state index < -0.39 is 18.2 Å². The smallest absolute Gasteiger partial charge is 0.496 e. The zero-order valence-corrected chi connectivity index (χ0v) is 19.8. The number of aromatic nitrogens is 5. The molecule has 0 spiro atoms. The summed E-state index contributed by atoms with van der Waals surface area (Å²) < 4.78 is 53.5. The first-order valence-electron chi connectivity index (χ1n) is 11.3. The predicted molar refractivity (Wildman–Crippen MR) is 122 cm³/mol. The molecule has 2 aromatic carbocycles. The number of hydrogen-bond donors (Lipinski definition) is 0. The van der Waals surface area contributed by atoms with Gasteiger partial charge in [0, 0.05) is 6.54 Å². The number of benzene rings is 2. The molecular weight excluding hydrogens is 493 g/mol. The van der Waals surface area contributed by atoms with E-state index in [0.717, 1.165) is 5.56 Å². The van der Waals surface area contributed by atoms with Crippen molar-refractivity contribution in [3.05, 3.63) is 65.8 Å². The summed E-state index contributed by atoms with van der Waals surface area (Å²) in [7, 11) is 1.52. The fourth-order valence-corrected chi connectivity index (χ4v) is 4.34. The standard InChI is InChI=1S/C24H21F3N6O4/c1-14-12-18(33-28-9-10-29-33)16(13-20(14)35-2)23(34)32-11-5-7-17(32)22-30-21(31-37-22)15-6-3-4-8-19(15)36-24(25,26)27/h3-4,6,8-10,12-13,17H,5,7,11H2,1-2H3. The lowest BCUT2D eigenvalue weighted by molar-refractivity contribution is -0.274. The Morgan fingerprint density at radius 3 is 2.62 bits per heavy atom. The summed E-state index contributed by atoms with van der Waals surface area (Å²) >= 11 is 0. The van der Waals surface area contributed by atoms with Gasteiger partial charge in [-0.05, 0) is 49.6 Å². The molecule has 1 aliphatic rings. The van der Waals surface area contributed by atoms with E-state index >= 15 is 0 Å². The SMILES string of the molecule is COc1cc(C(=O)N2CCCC2c2nc(-c3ccccc3OC(F)(F)F)no2)c(-n2nccn2)cc1C. The Balaban J connectivity index is 1.48. The molecule has 37 heavy (non-hydrogen) atoms. The maximum atomic E-state index is 13.8. The Labute approximate surface area is 208 Å². The van der Waals surface area contributed by atoms with E-state index in [0.29, 0.717) is 36.4 Å². The number of amides is 1. The molecule has 0 N–H and O–H groups in total. The van der Waals surface area contributed by atoms with Crippen molar-refractivity contribution in [2.24, 2.45) is 0 Å². The second-order valence-electron chi connectivity index (χ2n) is 8.31. The number of rotatable bonds is 6. The van der Waals surface area contributed by atoms with Crippen molar-refractivity contribution in [1.29, 1.82) is 0 Å². The first-order chi connectivity index (χ1) is 17.7. The van der Waals surface area contributed by atoms with Crippen LogP contribution >= 0.6 is 0 Å². The predicted octanol–water partition coefficient (Wildman–Crippen LogP) is 4.51. The van der Waals surface area contributed by atoms with Crippen LogP contribution in [0.15, 0.2) is 53.3 Å². The van der Waals surface area contributed by atoms with E-state index in [4.69, 9.17) is 9.26 Å². The molecule has 0 bridgehead atoms. The number of aryl methyl sites for hydroxylation is 1. The summed E-state index contributed by atoms with van der Waals surface area (Å²) in [6.45, 7) is 2.26. The van der Waals surface area contributed by atoms with Crippen molar-refractivity contribution in [1.82, 2.24) is 30.0 Å². The molecule has 10 nitrogen and oxygen atoms in total. The molecule has 5 rings (SSSR count). The van der Waals surface area contributed by atoms with E-state index in [9.17, 15) is 18.0 Å². The third-order valence-electron chi connectivity index (χ3n) is 5.97. The molecule has 1 fully saturated rings. The first kappa shape index (κ1) is 24.3. The van der Waals surface area contributed by atoms with Crippen LogP contribution in [0.1, 0.15) is 40.7 Å². The lowest BCUT2D eigenvalue weighted by atomic mass is 10.1. The van der Waals surface area contributed by atoms with Gasteiger partial charge in [-0.25, -0.2) is 0 Å². The fraction of sp³-hybridized carbons (Fsp3) is 0.292. The summed E-state index contributed by atoms with van der Waals surface area (Å²) in [4.78, 5) is 21.1. The van der Waals surface area contributed by atoms with Gasteiger partial charge in [-0.3, -0.25) is 4.79 Å². The summed E-state index contributed by atoms with van der Waals surface area (Å²) in [5.41, 5.74) is 1.60. The molecule has 1 atom stereocenters. The van der Waals surface area contributed by atoms with Crippen LogP contribution < -0.4 is 9.47 Å². The minimum atomic E-state index is -4.88. The van der Waals surface area contributed by atoms with Gasteiger partial charge in [-0.15, -0.1) is 13.2 Å². The van der Waals surface area contributed by atoms with Gasteiger partial charge in [0.25, 0.3) is 5.91 Å². The Kier molecular flexibility index (Phi) is 6.27. The number of alkyl halides is 3. The summed E-state index contributed by atoms with van der Waals surface area (Å²) in [6, 6.07) is 8.33. The fourth-order valence-electron chi connectivity index (χ4n) is 4.34. The number of likely N-dealkylation sites (tertiary alicyclic amines) is 1. The summed E-state index contributed by atoms with van der Waals surface area (Å²) in [5.74, 6) is -0.220. The molecule has 1 saturated heterocycles. The molecule has 0 radical (unpaired) electrons. The van der Waals surface area contributed by atoms with Crippen LogP contribution in [0.5, 0.6) is 11.5 Å². The van der Waals surface area contributed by atoms with Crippen LogP contribution in [0.4, 0.5) is 13.2 Å². The highest BCUT2D eigenvalue weighted by atomic mass is 19.4. The van der Waals surface area contributed by atoms with E-state index in [-0.39, 0.29) is 23.2 Å². The summed E-state index contributed by atoms with van der Waals surface area (Å²) in [6.07, 6.45) is -0.667. The Hall–Kier alpha value is -4.42. The highest BCUT2D eigenvalue weighted by Gasteiger charge is 2.37. The average molecular weight is 514 g/mol. The molecule has 1 aliphatic heterocycles. The van der Waals surface area contributed by atoms with E-state index in [1.54, 1.807) is 17.0 Å². The minimum Gasteiger partial charge on any atom is -0.496 e. The lowest BCUT2D eigenvalue weighted by Gasteiger charge is -2.23. The molecule has 1 amide bonds. The van der Waals surface area contributed by atoms with Crippen LogP contribution in [-0.4, -0.2) is 56.0 Å². The first-order valence-corrected chi connectivity index (χ1v) is 11.3. The molecule has 2 aromatic heterocycles. The molecule has 192 valence electrons. The molecular formula is C24H21F3N6O4. The highest BCUT2D eigenvalue weighted by molar-refractivity contribution is 5.98.